The maximum Gasteiger partial charge on any atom is 0.123 e. The van der Waals surface area contributed by atoms with Gasteiger partial charge >= 0.3 is 0 Å². The molecule has 88 valence electrons. The Balaban J connectivity index is 2.11. The average Bonchev–Trinajstić information content (AvgIpc) is 2.29. The van der Waals surface area contributed by atoms with Crippen molar-refractivity contribution >= 4 is 15.9 Å². The van der Waals surface area contributed by atoms with Crippen molar-refractivity contribution in [2.75, 3.05) is 0 Å². The molecular formula is C14H11BrF2. The van der Waals surface area contributed by atoms with Gasteiger partial charge in [0.05, 0.1) is 0 Å². The van der Waals surface area contributed by atoms with Crippen molar-refractivity contribution in [3.63, 3.8) is 0 Å². The van der Waals surface area contributed by atoms with E-state index in [1.165, 1.54) is 24.3 Å². The van der Waals surface area contributed by atoms with E-state index in [9.17, 15) is 8.78 Å². The van der Waals surface area contributed by atoms with E-state index in [0.29, 0.717) is 6.42 Å². The van der Waals surface area contributed by atoms with E-state index in [2.05, 4.69) is 15.9 Å². The first kappa shape index (κ1) is 12.2. The summed E-state index contributed by atoms with van der Waals surface area (Å²) in [5, 5.41) is 0. The van der Waals surface area contributed by atoms with Crippen molar-refractivity contribution in [3.05, 3.63) is 71.3 Å². The zero-order valence-electron chi connectivity index (χ0n) is 9.04. The molecule has 0 fully saturated rings. The van der Waals surface area contributed by atoms with Crippen LogP contribution >= 0.6 is 15.9 Å². The van der Waals surface area contributed by atoms with E-state index < -0.39 is 0 Å². The van der Waals surface area contributed by atoms with E-state index >= 15 is 0 Å². The molecule has 0 aliphatic heterocycles. The molecule has 0 radical (unpaired) electrons. The second kappa shape index (κ2) is 5.41. The molecule has 0 saturated heterocycles. The van der Waals surface area contributed by atoms with Crippen LogP contribution in [0.5, 0.6) is 0 Å². The van der Waals surface area contributed by atoms with Gasteiger partial charge in [-0.1, -0.05) is 40.2 Å². The molecule has 0 aliphatic rings. The van der Waals surface area contributed by atoms with Crippen molar-refractivity contribution in [2.24, 2.45) is 0 Å². The Morgan fingerprint density at radius 2 is 1.65 bits per heavy atom. The highest BCUT2D eigenvalue weighted by molar-refractivity contribution is 9.09. The van der Waals surface area contributed by atoms with Gasteiger partial charge in [0.15, 0.2) is 0 Å². The van der Waals surface area contributed by atoms with Crippen LogP contribution in [0.1, 0.15) is 16.0 Å². The van der Waals surface area contributed by atoms with Gasteiger partial charge in [0, 0.05) is 4.83 Å². The lowest BCUT2D eigenvalue weighted by molar-refractivity contribution is 0.625. The van der Waals surface area contributed by atoms with Gasteiger partial charge in [-0.2, -0.15) is 0 Å². The molecule has 2 rings (SSSR count). The second-order valence-electron chi connectivity index (χ2n) is 3.85. The summed E-state index contributed by atoms with van der Waals surface area (Å²) < 4.78 is 25.8. The fraction of sp³-hybridized carbons (Fsp3) is 0.143. The largest absolute Gasteiger partial charge is 0.207 e. The van der Waals surface area contributed by atoms with Gasteiger partial charge in [0.25, 0.3) is 0 Å². The number of rotatable bonds is 3. The van der Waals surface area contributed by atoms with Gasteiger partial charge < -0.3 is 0 Å². The van der Waals surface area contributed by atoms with E-state index in [1.54, 1.807) is 18.2 Å². The summed E-state index contributed by atoms with van der Waals surface area (Å²) in [5.41, 5.74) is 1.90. The Hall–Kier alpha value is -1.22. The molecule has 0 aromatic heterocycles. The summed E-state index contributed by atoms with van der Waals surface area (Å²) in [5.74, 6) is -0.486. The minimum absolute atomic E-state index is 0.0601. The molecule has 3 heteroatoms. The standard InChI is InChI=1S/C14H11BrF2/c15-14(11-4-6-12(16)7-5-11)9-10-2-1-3-13(17)8-10/h1-8,14H,9H2. The van der Waals surface area contributed by atoms with E-state index in [-0.39, 0.29) is 16.5 Å². The smallest absolute Gasteiger partial charge is 0.123 e. The monoisotopic (exact) mass is 296 g/mol. The van der Waals surface area contributed by atoms with Gasteiger partial charge in [0.1, 0.15) is 11.6 Å². The lowest BCUT2D eigenvalue weighted by Gasteiger charge is -2.10. The van der Waals surface area contributed by atoms with Crippen molar-refractivity contribution in [3.8, 4) is 0 Å². The number of alkyl halides is 1. The normalized spacial score (nSPS) is 12.4. The van der Waals surface area contributed by atoms with E-state index in [4.69, 9.17) is 0 Å². The van der Waals surface area contributed by atoms with Crippen LogP contribution in [0.3, 0.4) is 0 Å². The molecule has 2 aromatic rings. The van der Waals surface area contributed by atoms with Crippen LogP contribution in [0.15, 0.2) is 48.5 Å². The molecule has 0 bridgehead atoms. The zero-order valence-corrected chi connectivity index (χ0v) is 10.6. The molecule has 0 N–H and O–H groups in total. The predicted molar refractivity (Wildman–Crippen MR) is 68.2 cm³/mol. The van der Waals surface area contributed by atoms with Gasteiger partial charge in [0.2, 0.25) is 0 Å². The first-order valence-corrected chi connectivity index (χ1v) is 6.21. The van der Waals surface area contributed by atoms with Crippen LogP contribution in [0.2, 0.25) is 0 Å². The highest BCUT2D eigenvalue weighted by atomic mass is 79.9. The molecule has 0 spiro atoms. The molecule has 1 atom stereocenters. The lowest BCUT2D eigenvalue weighted by Crippen LogP contribution is -1.96. The van der Waals surface area contributed by atoms with E-state index in [0.717, 1.165) is 11.1 Å². The molecule has 2 aromatic carbocycles. The van der Waals surface area contributed by atoms with Gasteiger partial charge in [-0.15, -0.1) is 0 Å². The van der Waals surface area contributed by atoms with Crippen LogP contribution in [-0.4, -0.2) is 0 Å². The Bertz CT molecular complexity index is 494. The lowest BCUT2D eigenvalue weighted by atomic mass is 10.0. The van der Waals surface area contributed by atoms with Crippen molar-refractivity contribution in [1.29, 1.82) is 0 Å². The number of halogens is 3. The Morgan fingerprint density at radius 3 is 2.29 bits per heavy atom. The maximum absolute atomic E-state index is 13.0. The zero-order chi connectivity index (χ0) is 12.3. The number of benzene rings is 2. The summed E-state index contributed by atoms with van der Waals surface area (Å²) in [4.78, 5) is 0.0601. The third-order valence-corrected chi connectivity index (χ3v) is 3.39. The van der Waals surface area contributed by atoms with Crippen LogP contribution in [0, 0.1) is 11.6 Å². The van der Waals surface area contributed by atoms with Crippen LogP contribution < -0.4 is 0 Å². The van der Waals surface area contributed by atoms with Crippen LogP contribution in [-0.2, 0) is 6.42 Å². The number of hydrogen-bond donors (Lipinski definition) is 0. The summed E-state index contributed by atoms with van der Waals surface area (Å²) in [7, 11) is 0. The summed E-state index contributed by atoms with van der Waals surface area (Å²) in [6.07, 6.45) is 0.670. The number of hydrogen-bond acceptors (Lipinski definition) is 0. The SMILES string of the molecule is Fc1ccc(C(Br)Cc2cccc(F)c2)cc1. The Labute approximate surface area is 107 Å². The molecule has 0 amide bonds. The molecule has 0 heterocycles. The Kier molecular flexibility index (Phi) is 3.89. The molecule has 0 saturated carbocycles. The van der Waals surface area contributed by atoms with E-state index in [1.807, 2.05) is 6.07 Å². The topological polar surface area (TPSA) is 0 Å². The summed E-state index contributed by atoms with van der Waals surface area (Å²) in [6, 6.07) is 12.8. The first-order chi connectivity index (χ1) is 8.15. The van der Waals surface area contributed by atoms with Gasteiger partial charge in [-0.3, -0.25) is 0 Å². The minimum atomic E-state index is -0.251. The maximum atomic E-state index is 13.0. The third kappa shape index (κ3) is 3.37. The highest BCUT2D eigenvalue weighted by Gasteiger charge is 2.08. The average molecular weight is 297 g/mol. The van der Waals surface area contributed by atoms with Gasteiger partial charge in [-0.05, 0) is 41.8 Å². The molecule has 17 heavy (non-hydrogen) atoms. The first-order valence-electron chi connectivity index (χ1n) is 5.29. The Morgan fingerprint density at radius 1 is 0.941 bits per heavy atom. The fourth-order valence-corrected chi connectivity index (χ4v) is 2.34. The second-order valence-corrected chi connectivity index (χ2v) is 4.96. The van der Waals surface area contributed by atoms with Crippen molar-refractivity contribution in [1.82, 2.24) is 0 Å². The quantitative estimate of drug-likeness (QED) is 0.724. The van der Waals surface area contributed by atoms with Crippen LogP contribution in [0.25, 0.3) is 0 Å². The predicted octanol–water partition coefficient (Wildman–Crippen LogP) is 4.64. The minimum Gasteiger partial charge on any atom is -0.207 e. The summed E-state index contributed by atoms with van der Waals surface area (Å²) >= 11 is 3.53. The molecule has 0 aliphatic carbocycles. The van der Waals surface area contributed by atoms with Gasteiger partial charge in [-0.25, -0.2) is 8.78 Å². The molecular weight excluding hydrogens is 286 g/mol. The summed E-state index contributed by atoms with van der Waals surface area (Å²) in [6.45, 7) is 0. The van der Waals surface area contributed by atoms with Crippen molar-refractivity contribution < 1.29 is 8.78 Å². The highest BCUT2D eigenvalue weighted by Crippen LogP contribution is 2.27. The van der Waals surface area contributed by atoms with Crippen LogP contribution in [0.4, 0.5) is 8.78 Å². The third-order valence-electron chi connectivity index (χ3n) is 2.54. The molecule has 0 nitrogen and oxygen atoms in total. The van der Waals surface area contributed by atoms with Crippen molar-refractivity contribution in [2.45, 2.75) is 11.2 Å². The fourth-order valence-electron chi connectivity index (χ4n) is 1.66. The molecule has 1 unspecified atom stereocenters.